The molecule has 4 nitrogen and oxygen atoms in total. The van der Waals surface area contributed by atoms with Crippen LogP contribution in [0.1, 0.15) is 13.8 Å². The highest BCUT2D eigenvalue weighted by molar-refractivity contribution is 5.85. The average Bonchev–Trinajstić information content (AvgIpc) is 2.03. The molecule has 0 saturated carbocycles. The Hall–Kier alpha value is -0.610. The van der Waals surface area contributed by atoms with Gasteiger partial charge in [-0.15, -0.1) is 0 Å². The maximum atomic E-state index is 11.6. The first kappa shape index (κ1) is 9.48. The molecule has 1 fully saturated rings. The van der Waals surface area contributed by atoms with Crippen LogP contribution in [0.4, 0.5) is 0 Å². The maximum absolute atomic E-state index is 11.6. The molecule has 1 radical (unpaired) electrons. The van der Waals surface area contributed by atoms with Crippen molar-refractivity contribution in [3.63, 3.8) is 0 Å². The third-order valence-electron chi connectivity index (χ3n) is 1.89. The van der Waals surface area contributed by atoms with E-state index in [9.17, 15) is 4.79 Å². The first-order chi connectivity index (χ1) is 5.52. The number of carbonyl (C=O) groups is 1. The zero-order valence-corrected chi connectivity index (χ0v) is 7.71. The fraction of sp³-hybridized carbons (Fsp3) is 0.875. The summed E-state index contributed by atoms with van der Waals surface area (Å²) in [6.45, 7) is 6.42. The molecule has 1 rings (SSSR count). The topological polar surface area (TPSA) is 60.4 Å². The van der Waals surface area contributed by atoms with E-state index in [4.69, 9.17) is 5.73 Å². The van der Waals surface area contributed by atoms with Crippen molar-refractivity contribution in [1.29, 1.82) is 0 Å². The highest BCUT2D eigenvalue weighted by Crippen LogP contribution is 2.05. The molecule has 0 spiro atoms. The molecule has 1 amide bonds. The molecule has 0 bridgehead atoms. The van der Waals surface area contributed by atoms with Crippen LogP contribution in [0, 0.1) is 0 Å². The molecular formula is C8H16N3O. The highest BCUT2D eigenvalue weighted by Gasteiger charge is 2.28. The Kier molecular flexibility index (Phi) is 2.69. The van der Waals surface area contributed by atoms with Crippen molar-refractivity contribution in [2.45, 2.75) is 19.4 Å². The summed E-state index contributed by atoms with van der Waals surface area (Å²) in [7, 11) is 0. The number of nitrogens with two attached hydrogens (primary N) is 1. The Morgan fingerprint density at radius 2 is 1.92 bits per heavy atom. The van der Waals surface area contributed by atoms with Gasteiger partial charge in [-0.25, -0.2) is 5.32 Å². The fourth-order valence-electron chi connectivity index (χ4n) is 1.22. The van der Waals surface area contributed by atoms with Crippen LogP contribution in [0.2, 0.25) is 0 Å². The van der Waals surface area contributed by atoms with E-state index >= 15 is 0 Å². The lowest BCUT2D eigenvalue weighted by Gasteiger charge is -2.31. The van der Waals surface area contributed by atoms with Crippen LogP contribution in [-0.2, 0) is 4.79 Å². The van der Waals surface area contributed by atoms with Crippen LogP contribution in [0.25, 0.3) is 0 Å². The molecule has 4 heteroatoms. The minimum Gasteiger partial charge on any atom is -0.338 e. The first-order valence-electron chi connectivity index (χ1n) is 4.23. The van der Waals surface area contributed by atoms with Crippen LogP contribution in [-0.4, -0.2) is 42.5 Å². The van der Waals surface area contributed by atoms with E-state index in [1.165, 1.54) is 0 Å². The van der Waals surface area contributed by atoms with Gasteiger partial charge in [0.15, 0.2) is 0 Å². The van der Waals surface area contributed by atoms with Gasteiger partial charge in [-0.1, -0.05) is 0 Å². The van der Waals surface area contributed by atoms with Crippen LogP contribution < -0.4 is 11.1 Å². The quantitative estimate of drug-likeness (QED) is 0.558. The van der Waals surface area contributed by atoms with Gasteiger partial charge in [-0.05, 0) is 13.8 Å². The summed E-state index contributed by atoms with van der Waals surface area (Å²) in [6.07, 6.45) is 0. The summed E-state index contributed by atoms with van der Waals surface area (Å²) in [5.41, 5.74) is 4.95. The Labute approximate surface area is 73.1 Å². The van der Waals surface area contributed by atoms with Crippen LogP contribution >= 0.6 is 0 Å². The highest BCUT2D eigenvalue weighted by atomic mass is 16.2. The third-order valence-corrected chi connectivity index (χ3v) is 1.89. The summed E-state index contributed by atoms with van der Waals surface area (Å²) in [4.78, 5) is 13.4. The second-order valence-electron chi connectivity index (χ2n) is 3.68. The zero-order valence-electron chi connectivity index (χ0n) is 7.71. The Morgan fingerprint density at radius 1 is 1.42 bits per heavy atom. The molecule has 0 atom stereocenters. The predicted octanol–water partition coefficient (Wildman–Crippen LogP) is -0.830. The molecule has 0 aromatic heterocycles. The van der Waals surface area contributed by atoms with Gasteiger partial charge in [0.1, 0.15) is 0 Å². The lowest BCUT2D eigenvalue weighted by molar-refractivity contribution is -0.136. The molecule has 1 aliphatic rings. The molecule has 0 aromatic carbocycles. The molecule has 2 N–H and O–H groups in total. The van der Waals surface area contributed by atoms with Crippen molar-refractivity contribution in [2.75, 3.05) is 26.2 Å². The van der Waals surface area contributed by atoms with Gasteiger partial charge in [0, 0.05) is 26.2 Å². The molecule has 0 aromatic rings. The number of amides is 1. The molecular weight excluding hydrogens is 154 g/mol. The van der Waals surface area contributed by atoms with E-state index < -0.39 is 5.54 Å². The van der Waals surface area contributed by atoms with Crippen molar-refractivity contribution < 1.29 is 4.79 Å². The summed E-state index contributed by atoms with van der Waals surface area (Å²) in [5.74, 6) is 0.0254. The minimum absolute atomic E-state index is 0.0254. The number of nitrogens with zero attached hydrogens (tertiary/aromatic N) is 2. The van der Waals surface area contributed by atoms with E-state index in [0.29, 0.717) is 0 Å². The van der Waals surface area contributed by atoms with Crippen molar-refractivity contribution in [3.05, 3.63) is 0 Å². The number of rotatable bonds is 1. The van der Waals surface area contributed by atoms with Crippen molar-refractivity contribution >= 4 is 5.91 Å². The SMILES string of the molecule is CC(C)(N)C(=O)N1CC[N]CC1. The van der Waals surface area contributed by atoms with Gasteiger partial charge in [0.05, 0.1) is 5.54 Å². The van der Waals surface area contributed by atoms with E-state index in [0.717, 1.165) is 26.2 Å². The summed E-state index contributed by atoms with van der Waals surface area (Å²) < 4.78 is 0. The van der Waals surface area contributed by atoms with Gasteiger partial charge in [-0.3, -0.25) is 4.79 Å². The second kappa shape index (κ2) is 3.41. The molecule has 0 unspecified atom stereocenters. The average molecular weight is 170 g/mol. The van der Waals surface area contributed by atoms with E-state index in [1.54, 1.807) is 18.7 Å². The summed E-state index contributed by atoms with van der Waals surface area (Å²) in [5, 5.41) is 4.16. The molecule has 69 valence electrons. The number of piperazine rings is 1. The lowest BCUT2D eigenvalue weighted by atomic mass is 10.1. The Morgan fingerprint density at radius 3 is 2.33 bits per heavy atom. The van der Waals surface area contributed by atoms with E-state index in [-0.39, 0.29) is 5.91 Å². The van der Waals surface area contributed by atoms with Crippen LogP contribution in [0.3, 0.4) is 0 Å². The number of hydrogen-bond donors (Lipinski definition) is 1. The molecule has 0 aliphatic carbocycles. The largest absolute Gasteiger partial charge is 0.338 e. The minimum atomic E-state index is -0.739. The molecule has 1 aliphatic heterocycles. The normalized spacial score (nSPS) is 19.4. The Balaban J connectivity index is 2.51. The Bertz CT molecular complexity index is 168. The van der Waals surface area contributed by atoms with Crippen LogP contribution in [0.5, 0.6) is 0 Å². The molecule has 1 heterocycles. The van der Waals surface area contributed by atoms with Gasteiger partial charge in [-0.2, -0.15) is 0 Å². The first-order valence-corrected chi connectivity index (χ1v) is 4.23. The monoisotopic (exact) mass is 170 g/mol. The van der Waals surface area contributed by atoms with Crippen LogP contribution in [0.15, 0.2) is 0 Å². The van der Waals surface area contributed by atoms with Gasteiger partial charge >= 0.3 is 0 Å². The molecule has 12 heavy (non-hydrogen) atoms. The number of hydrogen-bond acceptors (Lipinski definition) is 2. The predicted molar refractivity (Wildman–Crippen MR) is 46.7 cm³/mol. The van der Waals surface area contributed by atoms with E-state index in [2.05, 4.69) is 5.32 Å². The standard InChI is InChI=1S/C8H16N3O/c1-8(2,9)7(12)11-5-3-10-4-6-11/h3-6,9H2,1-2H3. The summed E-state index contributed by atoms with van der Waals surface area (Å²) in [6, 6.07) is 0. The van der Waals surface area contributed by atoms with Crippen molar-refractivity contribution in [2.24, 2.45) is 5.73 Å². The molecule has 1 saturated heterocycles. The smallest absolute Gasteiger partial charge is 0.242 e. The number of carbonyl (C=O) groups excluding carboxylic acids is 1. The third kappa shape index (κ3) is 2.19. The van der Waals surface area contributed by atoms with Gasteiger partial charge in [0.2, 0.25) is 5.91 Å². The van der Waals surface area contributed by atoms with E-state index in [1.807, 2.05) is 0 Å². The zero-order chi connectivity index (χ0) is 9.19. The van der Waals surface area contributed by atoms with Gasteiger partial charge in [0.25, 0.3) is 0 Å². The lowest BCUT2D eigenvalue weighted by Crippen LogP contribution is -2.55. The fourth-order valence-corrected chi connectivity index (χ4v) is 1.22. The van der Waals surface area contributed by atoms with Crippen molar-refractivity contribution in [3.8, 4) is 0 Å². The van der Waals surface area contributed by atoms with Gasteiger partial charge < -0.3 is 10.6 Å². The van der Waals surface area contributed by atoms with Crippen molar-refractivity contribution in [1.82, 2.24) is 10.2 Å². The maximum Gasteiger partial charge on any atom is 0.242 e. The second-order valence-corrected chi connectivity index (χ2v) is 3.68. The summed E-state index contributed by atoms with van der Waals surface area (Å²) >= 11 is 0.